The Morgan fingerprint density at radius 3 is 2.78 bits per heavy atom. The van der Waals surface area contributed by atoms with Gasteiger partial charge >= 0.3 is 0 Å². The van der Waals surface area contributed by atoms with Crippen molar-refractivity contribution in [2.24, 2.45) is 0 Å². The largest absolute Gasteiger partial charge is 0.312 e. The van der Waals surface area contributed by atoms with Crippen molar-refractivity contribution in [3.63, 3.8) is 0 Å². The third-order valence-corrected chi connectivity index (χ3v) is 7.73. The van der Waals surface area contributed by atoms with Crippen LogP contribution < -0.4 is 5.32 Å². The molecule has 1 aliphatic heterocycles. The van der Waals surface area contributed by atoms with Crippen molar-refractivity contribution in [1.82, 2.24) is 5.32 Å². The van der Waals surface area contributed by atoms with E-state index in [-0.39, 0.29) is 0 Å². The van der Waals surface area contributed by atoms with E-state index in [1.807, 2.05) is 0 Å². The number of allylic oxidation sites excluding steroid dienone is 1. The van der Waals surface area contributed by atoms with Crippen molar-refractivity contribution in [2.45, 2.75) is 67.7 Å². The van der Waals surface area contributed by atoms with E-state index < -0.39 is 0 Å². The molecule has 18 heavy (non-hydrogen) atoms. The smallest absolute Gasteiger partial charge is 0.0405 e. The van der Waals surface area contributed by atoms with Crippen LogP contribution in [0.2, 0.25) is 0 Å². The van der Waals surface area contributed by atoms with E-state index in [2.05, 4.69) is 55.8 Å². The van der Waals surface area contributed by atoms with Gasteiger partial charge in [-0.2, -0.15) is 23.5 Å². The van der Waals surface area contributed by atoms with Crippen molar-refractivity contribution < 1.29 is 0 Å². The molecule has 4 unspecified atom stereocenters. The monoisotopic (exact) mass is 285 g/mol. The van der Waals surface area contributed by atoms with Gasteiger partial charge in [0.2, 0.25) is 0 Å². The number of rotatable bonds is 3. The maximum Gasteiger partial charge on any atom is 0.0405 e. The van der Waals surface area contributed by atoms with Crippen molar-refractivity contribution in [2.75, 3.05) is 12.8 Å². The van der Waals surface area contributed by atoms with Crippen LogP contribution in [0.15, 0.2) is 11.6 Å². The minimum atomic E-state index is 0.607. The lowest BCUT2D eigenvalue weighted by Crippen LogP contribution is -2.43. The highest BCUT2D eigenvalue weighted by atomic mass is 32.2. The van der Waals surface area contributed by atoms with Crippen molar-refractivity contribution in [3.8, 4) is 0 Å². The average Bonchev–Trinajstić information content (AvgIpc) is 2.64. The van der Waals surface area contributed by atoms with Crippen LogP contribution in [0.4, 0.5) is 0 Å². The van der Waals surface area contributed by atoms with E-state index >= 15 is 0 Å². The van der Waals surface area contributed by atoms with Crippen molar-refractivity contribution >= 4 is 23.5 Å². The summed E-state index contributed by atoms with van der Waals surface area (Å²) in [5.41, 5.74) is 1.69. The first-order chi connectivity index (χ1) is 8.72. The van der Waals surface area contributed by atoms with Crippen LogP contribution in [-0.2, 0) is 0 Å². The molecule has 0 aromatic heterocycles. The lowest BCUT2D eigenvalue weighted by Gasteiger charge is -2.37. The Kier molecular flexibility index (Phi) is 5.96. The Labute approximate surface area is 121 Å². The second-order valence-corrected chi connectivity index (χ2v) is 8.59. The molecule has 1 saturated heterocycles. The zero-order valence-electron chi connectivity index (χ0n) is 11.9. The molecule has 2 aliphatic rings. The zero-order valence-corrected chi connectivity index (χ0v) is 13.6. The molecule has 0 amide bonds. The first kappa shape index (κ1) is 14.8. The quantitative estimate of drug-likeness (QED) is 0.784. The highest BCUT2D eigenvalue weighted by molar-refractivity contribution is 8.07. The highest BCUT2D eigenvalue weighted by Crippen LogP contribution is 2.39. The van der Waals surface area contributed by atoms with Gasteiger partial charge in [0.25, 0.3) is 0 Å². The van der Waals surface area contributed by atoms with E-state index in [1.165, 1.54) is 37.9 Å². The Hall–Kier alpha value is 0.400. The summed E-state index contributed by atoms with van der Waals surface area (Å²) >= 11 is 4.36. The predicted molar refractivity (Wildman–Crippen MR) is 86.8 cm³/mol. The van der Waals surface area contributed by atoms with Crippen LogP contribution in [0.25, 0.3) is 0 Å². The summed E-state index contributed by atoms with van der Waals surface area (Å²) in [5, 5.41) is 5.96. The van der Waals surface area contributed by atoms with Crippen LogP contribution in [0.1, 0.15) is 46.0 Å². The van der Waals surface area contributed by atoms with Gasteiger partial charge in [0, 0.05) is 27.5 Å². The van der Waals surface area contributed by atoms with Gasteiger partial charge in [-0.1, -0.05) is 31.9 Å². The van der Waals surface area contributed by atoms with Crippen LogP contribution in [0, 0.1) is 0 Å². The SMILES string of the molecule is CNC(C1=CCCCCC1)C1CSC(C)C(C)S1. The van der Waals surface area contributed by atoms with E-state index in [0.29, 0.717) is 6.04 Å². The summed E-state index contributed by atoms with van der Waals surface area (Å²) in [6, 6.07) is 0.607. The van der Waals surface area contributed by atoms with Gasteiger partial charge in [0.1, 0.15) is 0 Å². The summed E-state index contributed by atoms with van der Waals surface area (Å²) in [5.74, 6) is 1.30. The van der Waals surface area contributed by atoms with E-state index in [0.717, 1.165) is 15.7 Å². The van der Waals surface area contributed by atoms with Gasteiger partial charge in [-0.25, -0.2) is 0 Å². The fraction of sp³-hybridized carbons (Fsp3) is 0.867. The van der Waals surface area contributed by atoms with Crippen molar-refractivity contribution in [3.05, 3.63) is 11.6 Å². The molecule has 0 saturated carbocycles. The summed E-state index contributed by atoms with van der Waals surface area (Å²) in [7, 11) is 2.14. The standard InChI is InChI=1S/C15H27NS2/c1-11-12(2)18-14(10-17-11)15(16-3)13-8-6-4-5-7-9-13/h8,11-12,14-16H,4-7,9-10H2,1-3H3. The molecular formula is C15H27NS2. The van der Waals surface area contributed by atoms with E-state index in [4.69, 9.17) is 0 Å². The minimum Gasteiger partial charge on any atom is -0.312 e. The lowest BCUT2D eigenvalue weighted by atomic mass is 9.99. The molecule has 1 fully saturated rings. The van der Waals surface area contributed by atoms with Gasteiger partial charge < -0.3 is 5.32 Å². The molecule has 4 atom stereocenters. The molecule has 0 aromatic rings. The molecule has 0 spiro atoms. The normalized spacial score (nSPS) is 35.7. The summed E-state index contributed by atoms with van der Waals surface area (Å²) in [6.07, 6.45) is 9.33. The average molecular weight is 286 g/mol. The Morgan fingerprint density at radius 1 is 1.22 bits per heavy atom. The fourth-order valence-electron chi connectivity index (χ4n) is 2.91. The van der Waals surface area contributed by atoms with E-state index in [9.17, 15) is 0 Å². The molecule has 1 nitrogen and oxygen atoms in total. The molecule has 1 N–H and O–H groups in total. The number of thioether (sulfide) groups is 2. The zero-order chi connectivity index (χ0) is 13.0. The lowest BCUT2D eigenvalue weighted by molar-refractivity contribution is 0.594. The Bertz CT molecular complexity index is 290. The number of nitrogens with one attached hydrogen (secondary N) is 1. The summed E-state index contributed by atoms with van der Waals surface area (Å²) in [6.45, 7) is 4.76. The molecule has 0 aromatic carbocycles. The van der Waals surface area contributed by atoms with E-state index in [1.54, 1.807) is 5.57 Å². The topological polar surface area (TPSA) is 12.0 Å². The van der Waals surface area contributed by atoms with Gasteiger partial charge in [0.05, 0.1) is 0 Å². The predicted octanol–water partition coefficient (Wildman–Crippen LogP) is 4.09. The van der Waals surface area contributed by atoms with Gasteiger partial charge in [0.15, 0.2) is 0 Å². The van der Waals surface area contributed by atoms with Crippen LogP contribution in [0.3, 0.4) is 0 Å². The van der Waals surface area contributed by atoms with Crippen molar-refractivity contribution in [1.29, 1.82) is 0 Å². The second kappa shape index (κ2) is 7.25. The Morgan fingerprint density at radius 2 is 2.06 bits per heavy atom. The summed E-state index contributed by atoms with van der Waals surface area (Å²) < 4.78 is 0. The molecule has 104 valence electrons. The molecule has 0 radical (unpaired) electrons. The summed E-state index contributed by atoms with van der Waals surface area (Å²) in [4.78, 5) is 0. The molecule has 1 aliphatic carbocycles. The maximum atomic E-state index is 3.60. The third-order valence-electron chi connectivity index (χ3n) is 4.23. The Balaban J connectivity index is 2.01. The number of hydrogen-bond acceptors (Lipinski definition) is 3. The fourth-order valence-corrected chi connectivity index (χ4v) is 6.09. The van der Waals surface area contributed by atoms with Crippen LogP contribution >= 0.6 is 23.5 Å². The third kappa shape index (κ3) is 3.71. The molecule has 1 heterocycles. The molecule has 3 heteroatoms. The first-order valence-corrected chi connectivity index (χ1v) is 9.34. The second-order valence-electron chi connectivity index (χ2n) is 5.56. The van der Waals surface area contributed by atoms with Crippen LogP contribution in [-0.4, -0.2) is 34.6 Å². The molecular weight excluding hydrogens is 258 g/mol. The number of likely N-dealkylation sites (N-methyl/N-ethyl adjacent to an activating group) is 1. The minimum absolute atomic E-state index is 0.607. The molecule has 2 rings (SSSR count). The first-order valence-electron chi connectivity index (χ1n) is 7.35. The van der Waals surface area contributed by atoms with Crippen LogP contribution in [0.5, 0.6) is 0 Å². The van der Waals surface area contributed by atoms with Gasteiger partial charge in [-0.05, 0) is 32.7 Å². The highest BCUT2D eigenvalue weighted by Gasteiger charge is 2.32. The maximum absolute atomic E-state index is 3.60. The van der Waals surface area contributed by atoms with Gasteiger partial charge in [-0.3, -0.25) is 0 Å². The molecule has 0 bridgehead atoms. The number of hydrogen-bond donors (Lipinski definition) is 1. The van der Waals surface area contributed by atoms with Gasteiger partial charge in [-0.15, -0.1) is 0 Å².